The molecule has 4 heteroatoms. The summed E-state index contributed by atoms with van der Waals surface area (Å²) in [5, 5.41) is 2.85. The Morgan fingerprint density at radius 3 is 2.93 bits per heavy atom. The van der Waals surface area contributed by atoms with Gasteiger partial charge in [-0.1, -0.05) is 0 Å². The second-order valence-corrected chi connectivity index (χ2v) is 4.90. The van der Waals surface area contributed by atoms with E-state index < -0.39 is 0 Å². The van der Waals surface area contributed by atoms with Crippen LogP contribution in [0.25, 0.3) is 0 Å². The first-order chi connectivity index (χ1) is 6.81. The monoisotopic (exact) mass is 212 g/mol. The molecule has 1 aliphatic rings. The Balaban J connectivity index is 2.24. The number of rotatable bonds is 2. The van der Waals surface area contributed by atoms with E-state index >= 15 is 0 Å². The zero-order valence-corrected chi connectivity index (χ0v) is 9.27. The zero-order chi connectivity index (χ0) is 9.97. The fraction of sp³-hybridized carbons (Fsp3) is 0.700. The average molecular weight is 212 g/mol. The number of aromatic amines is 1. The summed E-state index contributed by atoms with van der Waals surface area (Å²) in [6, 6.07) is 1.77. The third kappa shape index (κ3) is 1.90. The van der Waals surface area contributed by atoms with Gasteiger partial charge in [-0.3, -0.25) is 14.6 Å². The number of hydrogen-bond donors (Lipinski definition) is 1. The van der Waals surface area contributed by atoms with Crippen LogP contribution in [0.3, 0.4) is 0 Å². The fourth-order valence-corrected chi connectivity index (χ4v) is 3.14. The van der Waals surface area contributed by atoms with Crippen LogP contribution in [-0.2, 0) is 6.54 Å². The fourth-order valence-electron chi connectivity index (χ4n) is 2.04. The van der Waals surface area contributed by atoms with Crippen molar-refractivity contribution in [2.24, 2.45) is 0 Å². The molecule has 0 aliphatic carbocycles. The van der Waals surface area contributed by atoms with E-state index in [2.05, 4.69) is 12.0 Å². The number of aryl methyl sites for hydroxylation is 1. The van der Waals surface area contributed by atoms with E-state index in [4.69, 9.17) is 0 Å². The molecule has 0 amide bonds. The maximum atomic E-state index is 11.2. The van der Waals surface area contributed by atoms with Gasteiger partial charge in [0.25, 0.3) is 5.56 Å². The molecule has 0 saturated carbocycles. The van der Waals surface area contributed by atoms with Gasteiger partial charge in [-0.15, -0.1) is 0 Å². The van der Waals surface area contributed by atoms with E-state index in [1.807, 2.05) is 16.4 Å². The second kappa shape index (κ2) is 4.26. The van der Waals surface area contributed by atoms with Crippen molar-refractivity contribution in [3.8, 4) is 0 Å². The largest absolute Gasteiger partial charge is 0.289 e. The molecule has 1 aromatic heterocycles. The van der Waals surface area contributed by atoms with Crippen molar-refractivity contribution in [2.75, 3.05) is 11.5 Å². The smallest absolute Gasteiger partial charge is 0.264 e. The highest BCUT2D eigenvalue weighted by Gasteiger charge is 2.19. The van der Waals surface area contributed by atoms with Gasteiger partial charge >= 0.3 is 0 Å². The summed E-state index contributed by atoms with van der Waals surface area (Å²) in [7, 11) is 0. The lowest BCUT2D eigenvalue weighted by atomic mass is 9.99. The normalized spacial score (nSPS) is 18.6. The molecule has 1 fully saturated rings. The van der Waals surface area contributed by atoms with Crippen LogP contribution >= 0.6 is 11.8 Å². The lowest BCUT2D eigenvalue weighted by Crippen LogP contribution is -2.13. The third-order valence-corrected chi connectivity index (χ3v) is 3.84. The number of H-pyrrole nitrogens is 1. The molecule has 1 saturated heterocycles. The Bertz CT molecular complexity index is 349. The predicted molar refractivity (Wildman–Crippen MR) is 60.0 cm³/mol. The van der Waals surface area contributed by atoms with Crippen molar-refractivity contribution in [1.82, 2.24) is 9.78 Å². The summed E-state index contributed by atoms with van der Waals surface area (Å²) in [6.07, 6.45) is 2.42. The molecule has 3 nitrogen and oxygen atoms in total. The van der Waals surface area contributed by atoms with Crippen LogP contribution in [0.1, 0.15) is 31.4 Å². The summed E-state index contributed by atoms with van der Waals surface area (Å²) in [5.41, 5.74) is 1.25. The van der Waals surface area contributed by atoms with Gasteiger partial charge in [0.1, 0.15) is 0 Å². The zero-order valence-electron chi connectivity index (χ0n) is 8.45. The van der Waals surface area contributed by atoms with E-state index in [1.165, 1.54) is 30.0 Å². The highest BCUT2D eigenvalue weighted by Crippen LogP contribution is 2.30. The van der Waals surface area contributed by atoms with Crippen molar-refractivity contribution in [3.05, 3.63) is 22.1 Å². The Hall–Kier alpha value is -0.640. The highest BCUT2D eigenvalue weighted by atomic mass is 32.2. The SMILES string of the molecule is CCn1[nH]c(=O)cc1C1CCSCC1. The molecule has 0 unspecified atom stereocenters. The number of nitrogens with zero attached hydrogens (tertiary/aromatic N) is 1. The molecule has 0 radical (unpaired) electrons. The molecule has 78 valence electrons. The lowest BCUT2D eigenvalue weighted by Gasteiger charge is -2.22. The van der Waals surface area contributed by atoms with Crippen LogP contribution in [0.5, 0.6) is 0 Å². The quantitative estimate of drug-likeness (QED) is 0.812. The molecule has 1 aliphatic heterocycles. The number of aromatic nitrogens is 2. The Labute approximate surface area is 87.9 Å². The average Bonchev–Trinajstić information content (AvgIpc) is 2.61. The van der Waals surface area contributed by atoms with Gasteiger partial charge in [-0.05, 0) is 31.3 Å². The molecule has 1 N–H and O–H groups in total. The molecule has 2 heterocycles. The Morgan fingerprint density at radius 1 is 1.57 bits per heavy atom. The maximum Gasteiger partial charge on any atom is 0.264 e. The van der Waals surface area contributed by atoms with Crippen molar-refractivity contribution < 1.29 is 0 Å². The molecule has 0 atom stereocenters. The topological polar surface area (TPSA) is 37.8 Å². The van der Waals surface area contributed by atoms with Crippen LogP contribution < -0.4 is 5.56 Å². The van der Waals surface area contributed by atoms with Gasteiger partial charge in [0.05, 0.1) is 0 Å². The highest BCUT2D eigenvalue weighted by molar-refractivity contribution is 7.99. The van der Waals surface area contributed by atoms with Gasteiger partial charge in [0.2, 0.25) is 0 Å². The molecule has 14 heavy (non-hydrogen) atoms. The van der Waals surface area contributed by atoms with Gasteiger partial charge in [0.15, 0.2) is 0 Å². The maximum absolute atomic E-state index is 11.2. The predicted octanol–water partition coefficient (Wildman–Crippen LogP) is 1.81. The minimum Gasteiger partial charge on any atom is -0.289 e. The first-order valence-corrected chi connectivity index (χ1v) is 6.34. The Morgan fingerprint density at radius 2 is 2.29 bits per heavy atom. The molecule has 0 aromatic carbocycles. The molecular formula is C10H16N2OS. The van der Waals surface area contributed by atoms with Crippen LogP contribution in [0.2, 0.25) is 0 Å². The number of thioether (sulfide) groups is 1. The second-order valence-electron chi connectivity index (χ2n) is 3.68. The van der Waals surface area contributed by atoms with Gasteiger partial charge in [-0.25, -0.2) is 0 Å². The molecule has 1 aromatic rings. The first-order valence-electron chi connectivity index (χ1n) is 5.18. The van der Waals surface area contributed by atoms with Crippen LogP contribution in [0.4, 0.5) is 0 Å². The van der Waals surface area contributed by atoms with Crippen LogP contribution in [-0.4, -0.2) is 21.3 Å². The van der Waals surface area contributed by atoms with Crippen LogP contribution in [0.15, 0.2) is 10.9 Å². The van der Waals surface area contributed by atoms with Crippen LogP contribution in [0, 0.1) is 0 Å². The van der Waals surface area contributed by atoms with E-state index in [0.29, 0.717) is 5.92 Å². The van der Waals surface area contributed by atoms with E-state index in [9.17, 15) is 4.79 Å². The summed E-state index contributed by atoms with van der Waals surface area (Å²) in [5.74, 6) is 3.05. The number of hydrogen-bond acceptors (Lipinski definition) is 2. The number of nitrogens with one attached hydrogen (secondary N) is 1. The minimum absolute atomic E-state index is 0.0417. The molecular weight excluding hydrogens is 196 g/mol. The third-order valence-electron chi connectivity index (χ3n) is 2.79. The van der Waals surface area contributed by atoms with Gasteiger partial charge < -0.3 is 0 Å². The van der Waals surface area contributed by atoms with E-state index in [-0.39, 0.29) is 5.56 Å². The van der Waals surface area contributed by atoms with Crippen molar-refractivity contribution >= 4 is 11.8 Å². The summed E-state index contributed by atoms with van der Waals surface area (Å²) in [6.45, 7) is 2.93. The Kier molecular flexibility index (Phi) is 3.01. The van der Waals surface area contributed by atoms with E-state index in [1.54, 1.807) is 6.07 Å². The summed E-state index contributed by atoms with van der Waals surface area (Å²) >= 11 is 2.02. The standard InChI is InChI=1S/C10H16N2OS/c1-2-12-9(7-10(13)11-12)8-3-5-14-6-4-8/h7-8H,2-6H2,1H3,(H,11,13). The van der Waals surface area contributed by atoms with Gasteiger partial charge in [0, 0.05) is 24.2 Å². The van der Waals surface area contributed by atoms with Crippen molar-refractivity contribution in [1.29, 1.82) is 0 Å². The van der Waals surface area contributed by atoms with E-state index in [0.717, 1.165) is 6.54 Å². The van der Waals surface area contributed by atoms with Crippen molar-refractivity contribution in [2.45, 2.75) is 32.2 Å². The summed E-state index contributed by atoms with van der Waals surface area (Å²) < 4.78 is 1.99. The van der Waals surface area contributed by atoms with Crippen molar-refractivity contribution in [3.63, 3.8) is 0 Å². The molecule has 0 spiro atoms. The summed E-state index contributed by atoms with van der Waals surface area (Å²) in [4.78, 5) is 11.2. The molecule has 2 rings (SSSR count). The van der Waals surface area contributed by atoms with Gasteiger partial charge in [-0.2, -0.15) is 11.8 Å². The first kappa shape index (κ1) is 9.90. The molecule has 0 bridgehead atoms. The lowest BCUT2D eigenvalue weighted by molar-refractivity contribution is 0.537. The minimum atomic E-state index is 0.0417.